The molecule has 32 heavy (non-hydrogen) atoms. The lowest BCUT2D eigenvalue weighted by Crippen LogP contribution is -2.32. The Balaban J connectivity index is 1.56. The van der Waals surface area contributed by atoms with Gasteiger partial charge in [0.25, 0.3) is 0 Å². The van der Waals surface area contributed by atoms with Crippen LogP contribution in [0.4, 0.5) is 0 Å². The van der Waals surface area contributed by atoms with Crippen LogP contribution in [0.1, 0.15) is 50.2 Å². The van der Waals surface area contributed by atoms with E-state index in [1.54, 1.807) is 7.11 Å². The first-order chi connectivity index (χ1) is 15.6. The molecule has 3 rings (SSSR count). The van der Waals surface area contributed by atoms with E-state index in [0.29, 0.717) is 6.54 Å². The average molecular weight is 437 g/mol. The number of rotatable bonds is 12. The number of carbonyl (C=O) groups excluding carboxylic acids is 2. The first-order valence-corrected chi connectivity index (χ1v) is 11.8. The molecule has 2 atom stereocenters. The highest BCUT2D eigenvalue weighted by Gasteiger charge is 2.40. The van der Waals surface area contributed by atoms with E-state index < -0.39 is 0 Å². The zero-order valence-electron chi connectivity index (χ0n) is 19.4. The number of methoxy groups -OCH3 is 1. The van der Waals surface area contributed by atoms with E-state index in [9.17, 15) is 9.59 Å². The van der Waals surface area contributed by atoms with Crippen molar-refractivity contribution >= 4 is 11.8 Å². The number of likely N-dealkylation sites (tertiary alicyclic amines) is 1. The molecule has 1 N–H and O–H groups in total. The fraction of sp³-hybridized carbons (Fsp3) is 0.481. The Hall–Kier alpha value is -2.82. The third-order valence-electron chi connectivity index (χ3n) is 6.40. The number of unbranched alkanes of at least 4 members (excludes halogenated alkanes) is 2. The van der Waals surface area contributed by atoms with Crippen LogP contribution in [0.3, 0.4) is 0 Å². The number of carbonyl (C=O) groups is 2. The lowest BCUT2D eigenvalue weighted by atomic mass is 9.87. The molecule has 2 aromatic carbocycles. The average Bonchev–Trinajstić information content (AvgIpc) is 3.12. The molecule has 0 radical (unpaired) electrons. The van der Waals surface area contributed by atoms with Crippen LogP contribution in [0.15, 0.2) is 54.6 Å². The van der Waals surface area contributed by atoms with Crippen molar-refractivity contribution in [1.82, 2.24) is 10.2 Å². The fourth-order valence-electron chi connectivity index (χ4n) is 4.47. The second kappa shape index (κ2) is 12.3. The number of amides is 2. The van der Waals surface area contributed by atoms with Gasteiger partial charge in [-0.2, -0.15) is 0 Å². The monoisotopic (exact) mass is 436 g/mol. The van der Waals surface area contributed by atoms with Crippen molar-refractivity contribution in [3.63, 3.8) is 0 Å². The van der Waals surface area contributed by atoms with Crippen molar-refractivity contribution in [1.29, 1.82) is 0 Å². The summed E-state index contributed by atoms with van der Waals surface area (Å²) in [6.45, 7) is 4.14. The molecule has 5 heteroatoms. The molecule has 1 aliphatic heterocycles. The standard InChI is InChI=1S/C27H36N2O3/c1-3-4-6-11-23-20-29(17-16-21-9-7-5-8-10-21)27(31)25(23)18-26(30)28-19-22-12-14-24(32-2)15-13-22/h5,7-10,12-15,23,25H,3-4,6,11,16-20H2,1-2H3,(H,28,30)/t23-,25+/m1/s1. The van der Waals surface area contributed by atoms with Gasteiger partial charge in [0, 0.05) is 26.1 Å². The minimum atomic E-state index is -0.210. The Morgan fingerprint density at radius 3 is 2.50 bits per heavy atom. The van der Waals surface area contributed by atoms with Gasteiger partial charge in [-0.3, -0.25) is 9.59 Å². The first-order valence-electron chi connectivity index (χ1n) is 11.8. The number of hydrogen-bond acceptors (Lipinski definition) is 3. The summed E-state index contributed by atoms with van der Waals surface area (Å²) in [4.78, 5) is 27.9. The van der Waals surface area contributed by atoms with Gasteiger partial charge in [0.1, 0.15) is 5.75 Å². The summed E-state index contributed by atoms with van der Waals surface area (Å²) in [5.74, 6) is 0.934. The summed E-state index contributed by atoms with van der Waals surface area (Å²) < 4.78 is 5.18. The van der Waals surface area contributed by atoms with Crippen molar-refractivity contribution < 1.29 is 14.3 Å². The van der Waals surface area contributed by atoms with Crippen LogP contribution in [0, 0.1) is 11.8 Å². The molecule has 0 spiro atoms. The zero-order chi connectivity index (χ0) is 22.8. The molecule has 0 saturated carbocycles. The van der Waals surface area contributed by atoms with E-state index in [2.05, 4.69) is 24.4 Å². The van der Waals surface area contributed by atoms with E-state index in [4.69, 9.17) is 4.74 Å². The summed E-state index contributed by atoms with van der Waals surface area (Å²) >= 11 is 0. The van der Waals surface area contributed by atoms with Crippen molar-refractivity contribution in [2.24, 2.45) is 11.8 Å². The summed E-state index contributed by atoms with van der Waals surface area (Å²) in [7, 11) is 1.63. The molecule has 0 aromatic heterocycles. The molecule has 0 unspecified atom stereocenters. The van der Waals surface area contributed by atoms with Crippen LogP contribution in [-0.4, -0.2) is 36.9 Å². The smallest absolute Gasteiger partial charge is 0.226 e. The molecule has 1 fully saturated rings. The van der Waals surface area contributed by atoms with Gasteiger partial charge in [-0.15, -0.1) is 0 Å². The highest BCUT2D eigenvalue weighted by atomic mass is 16.5. The lowest BCUT2D eigenvalue weighted by Gasteiger charge is -2.16. The molecule has 2 aromatic rings. The van der Waals surface area contributed by atoms with E-state index in [1.165, 1.54) is 12.0 Å². The fourth-order valence-corrected chi connectivity index (χ4v) is 4.47. The molecule has 2 amide bonds. The van der Waals surface area contributed by atoms with Crippen molar-refractivity contribution in [3.05, 3.63) is 65.7 Å². The highest BCUT2D eigenvalue weighted by Crippen LogP contribution is 2.32. The Morgan fingerprint density at radius 1 is 1.06 bits per heavy atom. The van der Waals surface area contributed by atoms with Gasteiger partial charge in [-0.1, -0.05) is 68.7 Å². The maximum atomic E-state index is 13.2. The van der Waals surface area contributed by atoms with Crippen LogP contribution < -0.4 is 10.1 Å². The Bertz CT molecular complexity index is 851. The summed E-state index contributed by atoms with van der Waals surface area (Å²) in [6, 6.07) is 17.9. The molecule has 172 valence electrons. The van der Waals surface area contributed by atoms with Gasteiger partial charge in [0.2, 0.25) is 11.8 Å². The van der Waals surface area contributed by atoms with Crippen LogP contribution in [0.25, 0.3) is 0 Å². The third-order valence-corrected chi connectivity index (χ3v) is 6.40. The normalized spacial score (nSPS) is 18.1. The van der Waals surface area contributed by atoms with E-state index in [0.717, 1.165) is 50.1 Å². The molecule has 1 saturated heterocycles. The van der Waals surface area contributed by atoms with Crippen LogP contribution in [0.5, 0.6) is 5.75 Å². The SMILES string of the molecule is CCCCC[C@@H]1CN(CCc2ccccc2)C(=O)[C@H]1CC(=O)NCc1ccc(OC)cc1. The van der Waals surface area contributed by atoms with Crippen LogP contribution in [-0.2, 0) is 22.6 Å². The molecule has 1 aliphatic rings. The second-order valence-electron chi connectivity index (χ2n) is 8.71. The Labute approximate surface area is 192 Å². The first kappa shape index (κ1) is 23.8. The molecule has 0 bridgehead atoms. The number of ether oxygens (including phenoxy) is 1. The number of nitrogens with one attached hydrogen (secondary N) is 1. The predicted octanol–water partition coefficient (Wildman–Crippen LogP) is 4.60. The van der Waals surface area contributed by atoms with Crippen LogP contribution >= 0.6 is 0 Å². The number of nitrogens with zero attached hydrogens (tertiary/aromatic N) is 1. The van der Waals surface area contributed by atoms with Crippen LogP contribution in [0.2, 0.25) is 0 Å². The zero-order valence-corrected chi connectivity index (χ0v) is 19.4. The summed E-state index contributed by atoms with van der Waals surface area (Å²) in [5.41, 5.74) is 2.25. The molecule has 1 heterocycles. The topological polar surface area (TPSA) is 58.6 Å². The van der Waals surface area contributed by atoms with E-state index in [1.807, 2.05) is 47.4 Å². The van der Waals surface area contributed by atoms with Crippen molar-refractivity contribution in [2.45, 2.75) is 52.0 Å². The molecule has 0 aliphatic carbocycles. The molecular weight excluding hydrogens is 400 g/mol. The summed E-state index contributed by atoms with van der Waals surface area (Å²) in [5, 5.41) is 2.99. The maximum Gasteiger partial charge on any atom is 0.226 e. The van der Waals surface area contributed by atoms with Gasteiger partial charge in [0.15, 0.2) is 0 Å². The largest absolute Gasteiger partial charge is 0.497 e. The van der Waals surface area contributed by atoms with Crippen molar-refractivity contribution in [3.8, 4) is 5.75 Å². The quantitative estimate of drug-likeness (QED) is 0.495. The van der Waals surface area contributed by atoms with Gasteiger partial charge in [-0.05, 0) is 42.0 Å². The minimum absolute atomic E-state index is 0.0513. The lowest BCUT2D eigenvalue weighted by molar-refractivity contribution is -0.134. The number of hydrogen-bond donors (Lipinski definition) is 1. The van der Waals surface area contributed by atoms with Gasteiger partial charge >= 0.3 is 0 Å². The minimum Gasteiger partial charge on any atom is -0.497 e. The molecule has 5 nitrogen and oxygen atoms in total. The van der Waals surface area contributed by atoms with Crippen molar-refractivity contribution in [2.75, 3.05) is 20.2 Å². The van der Waals surface area contributed by atoms with Gasteiger partial charge in [0.05, 0.1) is 13.0 Å². The molecular formula is C27H36N2O3. The maximum absolute atomic E-state index is 13.2. The van der Waals surface area contributed by atoms with Gasteiger partial charge in [-0.25, -0.2) is 0 Å². The van der Waals surface area contributed by atoms with E-state index >= 15 is 0 Å². The highest BCUT2D eigenvalue weighted by molar-refractivity contribution is 5.87. The second-order valence-corrected chi connectivity index (χ2v) is 8.71. The third kappa shape index (κ3) is 6.84. The Morgan fingerprint density at radius 2 is 1.81 bits per heavy atom. The predicted molar refractivity (Wildman–Crippen MR) is 127 cm³/mol. The Kier molecular flexibility index (Phi) is 9.14. The summed E-state index contributed by atoms with van der Waals surface area (Å²) in [6.07, 6.45) is 5.58. The van der Waals surface area contributed by atoms with Gasteiger partial charge < -0.3 is 15.0 Å². The number of benzene rings is 2. The van der Waals surface area contributed by atoms with E-state index in [-0.39, 0.29) is 30.1 Å².